The van der Waals surface area contributed by atoms with Crippen LogP contribution in [0.3, 0.4) is 0 Å². The summed E-state index contributed by atoms with van der Waals surface area (Å²) in [5.74, 6) is 1.05. The molecule has 0 unspecified atom stereocenters. The molecule has 0 spiro atoms. The fourth-order valence-corrected chi connectivity index (χ4v) is 2.33. The minimum absolute atomic E-state index is 0.487. The van der Waals surface area contributed by atoms with Crippen molar-refractivity contribution < 1.29 is 0 Å². The first kappa shape index (κ1) is 13.8. The average Bonchev–Trinajstić information content (AvgIpc) is 2.46. The van der Waals surface area contributed by atoms with E-state index in [9.17, 15) is 0 Å². The lowest BCUT2D eigenvalue weighted by atomic mass is 10.1. The van der Waals surface area contributed by atoms with Gasteiger partial charge in [0.25, 0.3) is 0 Å². The van der Waals surface area contributed by atoms with Crippen molar-refractivity contribution in [1.82, 2.24) is 4.98 Å². The summed E-state index contributed by atoms with van der Waals surface area (Å²) in [7, 11) is 2.12. The van der Waals surface area contributed by atoms with Crippen LogP contribution in [-0.4, -0.2) is 18.6 Å². The number of aromatic nitrogens is 1. The molecule has 0 aliphatic rings. The number of nitrogens with two attached hydrogens (primary N) is 1. The first-order chi connectivity index (χ1) is 9.26. The Morgan fingerprint density at radius 2 is 2.00 bits per heavy atom. The molecule has 19 heavy (non-hydrogen) atoms. The van der Waals surface area contributed by atoms with Crippen LogP contribution in [0.4, 0.5) is 5.82 Å². The quantitative estimate of drug-likeness (QED) is 0.807. The zero-order valence-electron chi connectivity index (χ0n) is 11.9. The normalized spacial score (nSPS) is 10.9. The molecule has 2 N–H and O–H groups in total. The Labute approximate surface area is 115 Å². The first-order valence-electron chi connectivity index (χ1n) is 7.06. The van der Waals surface area contributed by atoms with E-state index in [-0.39, 0.29) is 0 Å². The SMILES string of the molecule is CCCCCN(C)c1nc(CN)cc2ccccc12. The number of anilines is 1. The zero-order valence-corrected chi connectivity index (χ0v) is 11.9. The van der Waals surface area contributed by atoms with E-state index < -0.39 is 0 Å². The van der Waals surface area contributed by atoms with Gasteiger partial charge in [-0.3, -0.25) is 0 Å². The van der Waals surface area contributed by atoms with Gasteiger partial charge in [0.15, 0.2) is 0 Å². The summed E-state index contributed by atoms with van der Waals surface area (Å²) in [4.78, 5) is 6.95. The summed E-state index contributed by atoms with van der Waals surface area (Å²) in [5, 5.41) is 2.42. The van der Waals surface area contributed by atoms with Crippen LogP contribution in [0.1, 0.15) is 31.9 Å². The fourth-order valence-electron chi connectivity index (χ4n) is 2.33. The third-order valence-electron chi connectivity index (χ3n) is 3.44. The van der Waals surface area contributed by atoms with Gasteiger partial charge in [0, 0.05) is 25.5 Å². The summed E-state index contributed by atoms with van der Waals surface area (Å²) < 4.78 is 0. The maximum atomic E-state index is 5.75. The Hall–Kier alpha value is -1.61. The molecular formula is C16H23N3. The van der Waals surface area contributed by atoms with Gasteiger partial charge < -0.3 is 10.6 Å². The van der Waals surface area contributed by atoms with Gasteiger partial charge in [0.1, 0.15) is 5.82 Å². The Balaban J connectivity index is 2.34. The van der Waals surface area contributed by atoms with E-state index >= 15 is 0 Å². The number of rotatable bonds is 6. The molecule has 3 nitrogen and oxygen atoms in total. The predicted octanol–water partition coefficient (Wildman–Crippen LogP) is 3.32. The fraction of sp³-hybridized carbons (Fsp3) is 0.438. The molecule has 3 heteroatoms. The van der Waals surface area contributed by atoms with Crippen LogP contribution in [0.5, 0.6) is 0 Å². The van der Waals surface area contributed by atoms with Gasteiger partial charge in [0.2, 0.25) is 0 Å². The Morgan fingerprint density at radius 3 is 2.74 bits per heavy atom. The van der Waals surface area contributed by atoms with Gasteiger partial charge in [-0.2, -0.15) is 0 Å². The molecule has 0 radical (unpaired) electrons. The van der Waals surface area contributed by atoms with Crippen molar-refractivity contribution in [3.63, 3.8) is 0 Å². The molecule has 1 aromatic carbocycles. The monoisotopic (exact) mass is 257 g/mol. The van der Waals surface area contributed by atoms with Gasteiger partial charge in [-0.15, -0.1) is 0 Å². The highest BCUT2D eigenvalue weighted by Gasteiger charge is 2.09. The van der Waals surface area contributed by atoms with E-state index in [0.717, 1.165) is 18.1 Å². The summed E-state index contributed by atoms with van der Waals surface area (Å²) >= 11 is 0. The number of pyridine rings is 1. The largest absolute Gasteiger partial charge is 0.359 e. The van der Waals surface area contributed by atoms with Crippen LogP contribution >= 0.6 is 0 Å². The molecular weight excluding hydrogens is 234 g/mol. The highest BCUT2D eigenvalue weighted by Crippen LogP contribution is 2.25. The number of fused-ring (bicyclic) bond motifs is 1. The molecule has 0 amide bonds. The molecule has 0 aliphatic heterocycles. The van der Waals surface area contributed by atoms with E-state index in [4.69, 9.17) is 10.7 Å². The second-order valence-corrected chi connectivity index (χ2v) is 4.99. The minimum Gasteiger partial charge on any atom is -0.359 e. The molecule has 2 aromatic rings. The zero-order chi connectivity index (χ0) is 13.7. The molecule has 0 aliphatic carbocycles. The Morgan fingerprint density at radius 1 is 1.21 bits per heavy atom. The third kappa shape index (κ3) is 3.24. The maximum Gasteiger partial charge on any atom is 0.136 e. The molecule has 0 saturated carbocycles. The van der Waals surface area contributed by atoms with Crippen LogP contribution in [0.2, 0.25) is 0 Å². The number of nitrogens with zero attached hydrogens (tertiary/aromatic N) is 2. The van der Waals surface area contributed by atoms with Crippen molar-refractivity contribution in [2.45, 2.75) is 32.7 Å². The Kier molecular flexibility index (Phi) is 4.74. The van der Waals surface area contributed by atoms with E-state index in [2.05, 4.69) is 49.2 Å². The maximum absolute atomic E-state index is 5.75. The van der Waals surface area contributed by atoms with E-state index in [1.54, 1.807) is 0 Å². The van der Waals surface area contributed by atoms with Crippen LogP contribution in [0.15, 0.2) is 30.3 Å². The highest BCUT2D eigenvalue weighted by molar-refractivity contribution is 5.92. The second-order valence-electron chi connectivity index (χ2n) is 4.99. The van der Waals surface area contributed by atoms with Gasteiger partial charge in [-0.25, -0.2) is 4.98 Å². The summed E-state index contributed by atoms with van der Waals surface area (Å²) in [6.07, 6.45) is 3.71. The van der Waals surface area contributed by atoms with Crippen molar-refractivity contribution >= 4 is 16.6 Å². The lowest BCUT2D eigenvalue weighted by molar-refractivity contribution is 0.701. The molecule has 0 atom stereocenters. The number of benzene rings is 1. The highest BCUT2D eigenvalue weighted by atomic mass is 15.2. The summed E-state index contributed by atoms with van der Waals surface area (Å²) in [6.45, 7) is 3.75. The number of unbranched alkanes of at least 4 members (excludes halogenated alkanes) is 2. The van der Waals surface area contributed by atoms with Crippen molar-refractivity contribution in [2.24, 2.45) is 5.73 Å². The second kappa shape index (κ2) is 6.53. The van der Waals surface area contributed by atoms with E-state index in [1.807, 2.05) is 0 Å². The molecule has 0 bridgehead atoms. The number of hydrogen-bond donors (Lipinski definition) is 1. The lowest BCUT2D eigenvalue weighted by Gasteiger charge is -2.20. The van der Waals surface area contributed by atoms with Gasteiger partial charge >= 0.3 is 0 Å². The van der Waals surface area contributed by atoms with Gasteiger partial charge in [0.05, 0.1) is 5.69 Å². The predicted molar refractivity (Wildman–Crippen MR) is 82.4 cm³/mol. The van der Waals surface area contributed by atoms with Gasteiger partial charge in [-0.1, -0.05) is 44.0 Å². The minimum atomic E-state index is 0.487. The molecule has 0 fully saturated rings. The van der Waals surface area contributed by atoms with Crippen molar-refractivity contribution in [3.8, 4) is 0 Å². The van der Waals surface area contributed by atoms with E-state index in [0.29, 0.717) is 6.54 Å². The Bertz CT molecular complexity index is 537. The molecule has 1 aromatic heterocycles. The standard InChI is InChI=1S/C16H23N3/c1-3-4-7-10-19(2)16-15-9-6-5-8-13(15)11-14(12-17)18-16/h5-6,8-9,11H,3-4,7,10,12,17H2,1-2H3. The topological polar surface area (TPSA) is 42.2 Å². The molecule has 102 valence electrons. The molecule has 0 saturated heterocycles. The molecule has 1 heterocycles. The van der Waals surface area contributed by atoms with Crippen molar-refractivity contribution in [2.75, 3.05) is 18.5 Å². The number of hydrogen-bond acceptors (Lipinski definition) is 3. The van der Waals surface area contributed by atoms with Crippen LogP contribution < -0.4 is 10.6 Å². The van der Waals surface area contributed by atoms with E-state index in [1.165, 1.54) is 30.0 Å². The van der Waals surface area contributed by atoms with Crippen LogP contribution in [-0.2, 0) is 6.54 Å². The first-order valence-corrected chi connectivity index (χ1v) is 7.06. The molecule has 2 rings (SSSR count). The smallest absolute Gasteiger partial charge is 0.136 e. The van der Waals surface area contributed by atoms with Crippen molar-refractivity contribution in [3.05, 3.63) is 36.0 Å². The van der Waals surface area contributed by atoms with Crippen LogP contribution in [0, 0.1) is 0 Å². The average molecular weight is 257 g/mol. The van der Waals surface area contributed by atoms with Crippen LogP contribution in [0.25, 0.3) is 10.8 Å². The summed E-state index contributed by atoms with van der Waals surface area (Å²) in [5.41, 5.74) is 6.71. The lowest BCUT2D eigenvalue weighted by Crippen LogP contribution is -2.20. The summed E-state index contributed by atoms with van der Waals surface area (Å²) in [6, 6.07) is 10.5. The van der Waals surface area contributed by atoms with Crippen molar-refractivity contribution in [1.29, 1.82) is 0 Å². The van der Waals surface area contributed by atoms with Gasteiger partial charge in [-0.05, 0) is 17.9 Å². The third-order valence-corrected chi connectivity index (χ3v) is 3.44.